The van der Waals surface area contributed by atoms with Gasteiger partial charge in [-0.05, 0) is 61.2 Å². The number of rotatable bonds is 1. The molecule has 4 rings (SSSR count). The Morgan fingerprint density at radius 2 is 1.84 bits per heavy atom. The Morgan fingerprint density at radius 1 is 1.08 bits per heavy atom. The standard InChI is InChI=1S/C21H32O4/c1-19(2)9-5-10-20(3)14(19)8-11-21-12-25-18(23)16(21)13(17(22)24-4)6-7-15(20)21/h13-16H,5-12H2,1-4H3/t13-,14?,15-,16+,20+,21+/m1/s1. The summed E-state index contributed by atoms with van der Waals surface area (Å²) in [5.74, 6) is 0.204. The summed E-state index contributed by atoms with van der Waals surface area (Å²) in [6, 6.07) is 0. The van der Waals surface area contributed by atoms with Crippen LogP contribution in [-0.4, -0.2) is 25.7 Å². The van der Waals surface area contributed by atoms with Gasteiger partial charge in [0.2, 0.25) is 0 Å². The molecule has 0 N–H and O–H groups in total. The quantitative estimate of drug-likeness (QED) is 0.673. The lowest BCUT2D eigenvalue weighted by atomic mass is 9.39. The van der Waals surface area contributed by atoms with E-state index in [4.69, 9.17) is 9.47 Å². The number of methoxy groups -OCH3 is 1. The average molecular weight is 348 g/mol. The molecule has 1 unspecified atom stereocenters. The highest BCUT2D eigenvalue weighted by atomic mass is 16.5. The van der Waals surface area contributed by atoms with Gasteiger partial charge in [0, 0.05) is 5.41 Å². The fourth-order valence-electron chi connectivity index (χ4n) is 7.81. The topological polar surface area (TPSA) is 52.6 Å². The Kier molecular flexibility index (Phi) is 3.80. The van der Waals surface area contributed by atoms with Crippen molar-refractivity contribution in [2.75, 3.05) is 13.7 Å². The van der Waals surface area contributed by atoms with Crippen LogP contribution in [0.5, 0.6) is 0 Å². The van der Waals surface area contributed by atoms with E-state index in [1.807, 2.05) is 0 Å². The Morgan fingerprint density at radius 3 is 2.56 bits per heavy atom. The van der Waals surface area contributed by atoms with Crippen molar-refractivity contribution in [3.8, 4) is 0 Å². The number of carbonyl (C=O) groups is 2. The van der Waals surface area contributed by atoms with E-state index in [1.165, 1.54) is 26.4 Å². The third-order valence-electron chi connectivity index (χ3n) is 8.69. The van der Waals surface area contributed by atoms with Gasteiger partial charge in [0.15, 0.2) is 0 Å². The molecule has 4 fully saturated rings. The van der Waals surface area contributed by atoms with E-state index < -0.39 is 0 Å². The third kappa shape index (κ3) is 2.18. The van der Waals surface area contributed by atoms with E-state index in [0.29, 0.717) is 23.9 Å². The molecule has 6 atom stereocenters. The molecule has 4 heteroatoms. The first-order valence-corrected chi connectivity index (χ1v) is 10.0. The van der Waals surface area contributed by atoms with Crippen LogP contribution >= 0.6 is 0 Å². The smallest absolute Gasteiger partial charge is 0.310 e. The van der Waals surface area contributed by atoms with Gasteiger partial charge in [-0.15, -0.1) is 0 Å². The van der Waals surface area contributed by atoms with Crippen LogP contribution < -0.4 is 0 Å². The normalized spacial score (nSPS) is 47.9. The van der Waals surface area contributed by atoms with Crippen LogP contribution in [0.15, 0.2) is 0 Å². The fourth-order valence-corrected chi connectivity index (χ4v) is 7.81. The maximum atomic E-state index is 12.7. The number of hydrogen-bond donors (Lipinski definition) is 0. The number of fused-ring (bicyclic) bond motifs is 2. The molecule has 4 nitrogen and oxygen atoms in total. The van der Waals surface area contributed by atoms with Crippen LogP contribution in [0.3, 0.4) is 0 Å². The zero-order valence-electron chi connectivity index (χ0n) is 16.1. The van der Waals surface area contributed by atoms with Crippen LogP contribution in [0.1, 0.15) is 65.7 Å². The predicted molar refractivity (Wildman–Crippen MR) is 93.6 cm³/mol. The van der Waals surface area contributed by atoms with Gasteiger partial charge in [-0.1, -0.05) is 27.2 Å². The summed E-state index contributed by atoms with van der Waals surface area (Å²) >= 11 is 0. The van der Waals surface area contributed by atoms with Gasteiger partial charge in [0.25, 0.3) is 0 Å². The Hall–Kier alpha value is -1.06. The third-order valence-corrected chi connectivity index (χ3v) is 8.69. The SMILES string of the molecule is COC(=O)[C@@H]1CC[C@H]2[C@]3(CCC4C(C)(C)CCC[C@@]42C)COC(=O)[C@H]13. The van der Waals surface area contributed by atoms with E-state index >= 15 is 0 Å². The molecule has 3 aliphatic carbocycles. The van der Waals surface area contributed by atoms with Gasteiger partial charge >= 0.3 is 11.9 Å². The van der Waals surface area contributed by atoms with Crippen LogP contribution in [0.4, 0.5) is 0 Å². The van der Waals surface area contributed by atoms with Crippen LogP contribution in [0, 0.1) is 39.9 Å². The first kappa shape index (κ1) is 17.4. The van der Waals surface area contributed by atoms with E-state index in [1.54, 1.807) is 0 Å². The number of esters is 2. The lowest BCUT2D eigenvalue weighted by Gasteiger charge is -2.64. The second kappa shape index (κ2) is 5.47. The highest BCUT2D eigenvalue weighted by molar-refractivity contribution is 5.84. The van der Waals surface area contributed by atoms with Crippen LogP contribution in [0.25, 0.3) is 0 Å². The molecule has 1 aliphatic heterocycles. The highest BCUT2D eigenvalue weighted by Gasteiger charge is 2.69. The fraction of sp³-hybridized carbons (Fsp3) is 0.905. The summed E-state index contributed by atoms with van der Waals surface area (Å²) in [7, 11) is 1.43. The van der Waals surface area contributed by atoms with Crippen molar-refractivity contribution in [1.82, 2.24) is 0 Å². The first-order valence-electron chi connectivity index (χ1n) is 10.0. The zero-order valence-corrected chi connectivity index (χ0v) is 16.1. The van der Waals surface area contributed by atoms with E-state index in [0.717, 1.165) is 25.7 Å². The minimum absolute atomic E-state index is 0.146. The average Bonchev–Trinajstić information content (AvgIpc) is 2.89. The van der Waals surface area contributed by atoms with Crippen LogP contribution in [-0.2, 0) is 19.1 Å². The first-order chi connectivity index (χ1) is 11.8. The minimum Gasteiger partial charge on any atom is -0.469 e. The summed E-state index contributed by atoms with van der Waals surface area (Å²) in [6.45, 7) is 7.85. The Labute approximate surface area is 151 Å². The minimum atomic E-state index is -0.312. The van der Waals surface area contributed by atoms with Crippen molar-refractivity contribution in [3.63, 3.8) is 0 Å². The van der Waals surface area contributed by atoms with Crippen molar-refractivity contribution in [1.29, 1.82) is 0 Å². The highest BCUT2D eigenvalue weighted by Crippen LogP contribution is 2.70. The summed E-state index contributed by atoms with van der Waals surface area (Å²) in [5.41, 5.74) is 0.479. The van der Waals surface area contributed by atoms with Gasteiger partial charge in [0.05, 0.1) is 25.6 Å². The zero-order chi connectivity index (χ0) is 18.0. The molecule has 25 heavy (non-hydrogen) atoms. The number of hydrogen-bond acceptors (Lipinski definition) is 4. The molecule has 0 aromatic heterocycles. The van der Waals surface area contributed by atoms with Gasteiger partial charge < -0.3 is 9.47 Å². The molecule has 0 aromatic carbocycles. The molecule has 0 radical (unpaired) electrons. The van der Waals surface area contributed by atoms with Crippen molar-refractivity contribution in [3.05, 3.63) is 0 Å². The molecule has 4 aliphatic rings. The molecule has 1 heterocycles. The molecule has 3 saturated carbocycles. The van der Waals surface area contributed by atoms with Crippen molar-refractivity contribution in [2.45, 2.75) is 65.7 Å². The van der Waals surface area contributed by atoms with E-state index in [9.17, 15) is 9.59 Å². The van der Waals surface area contributed by atoms with E-state index in [2.05, 4.69) is 20.8 Å². The predicted octanol–water partition coefficient (Wildman–Crippen LogP) is 3.97. The largest absolute Gasteiger partial charge is 0.469 e. The van der Waals surface area contributed by atoms with Crippen LogP contribution in [0.2, 0.25) is 0 Å². The van der Waals surface area contributed by atoms with Gasteiger partial charge in [-0.25, -0.2) is 0 Å². The lowest BCUT2D eigenvalue weighted by molar-refractivity contribution is -0.182. The van der Waals surface area contributed by atoms with Crippen molar-refractivity contribution in [2.24, 2.45) is 39.9 Å². The molecule has 1 saturated heterocycles. The van der Waals surface area contributed by atoms with Crippen molar-refractivity contribution < 1.29 is 19.1 Å². The summed E-state index contributed by atoms with van der Waals surface area (Å²) in [5, 5.41) is 0. The summed E-state index contributed by atoms with van der Waals surface area (Å²) in [4.78, 5) is 25.0. The molecule has 0 aromatic rings. The molecule has 140 valence electrons. The molecule has 0 amide bonds. The molecular weight excluding hydrogens is 316 g/mol. The summed E-state index contributed by atoms with van der Waals surface area (Å²) in [6.07, 6.45) is 7.78. The molecule has 0 bridgehead atoms. The molecular formula is C21H32O4. The maximum Gasteiger partial charge on any atom is 0.310 e. The van der Waals surface area contributed by atoms with Gasteiger partial charge in [-0.3, -0.25) is 9.59 Å². The number of cyclic esters (lactones) is 1. The number of ether oxygens (including phenoxy) is 2. The van der Waals surface area contributed by atoms with E-state index in [-0.39, 0.29) is 34.6 Å². The second-order valence-electron chi connectivity index (χ2n) is 10.0. The Balaban J connectivity index is 1.75. The monoisotopic (exact) mass is 348 g/mol. The molecule has 1 spiro atoms. The summed E-state index contributed by atoms with van der Waals surface area (Å²) < 4.78 is 10.7. The Bertz CT molecular complexity index is 597. The lowest BCUT2D eigenvalue weighted by Crippen LogP contribution is -2.61. The maximum absolute atomic E-state index is 12.7. The van der Waals surface area contributed by atoms with Gasteiger partial charge in [-0.2, -0.15) is 0 Å². The number of carbonyl (C=O) groups excluding carboxylic acids is 2. The van der Waals surface area contributed by atoms with Crippen molar-refractivity contribution >= 4 is 11.9 Å². The van der Waals surface area contributed by atoms with Gasteiger partial charge in [0.1, 0.15) is 0 Å². The second-order valence-corrected chi connectivity index (χ2v) is 10.0.